The van der Waals surface area contributed by atoms with E-state index < -0.39 is 0 Å². The average Bonchev–Trinajstić information content (AvgIpc) is 2.51. The van der Waals surface area contributed by atoms with Crippen LogP contribution in [0.3, 0.4) is 0 Å². The quantitative estimate of drug-likeness (QED) is 0.735. The first-order chi connectivity index (χ1) is 6.33. The van der Waals surface area contributed by atoms with Crippen LogP contribution in [0.4, 0.5) is 5.69 Å². The molecule has 0 spiro atoms. The maximum atomic E-state index is 10.4. The summed E-state index contributed by atoms with van der Waals surface area (Å²) in [5, 5.41) is 3.99. The number of rotatable bonds is 2. The lowest BCUT2D eigenvalue weighted by molar-refractivity contribution is -0.108. The summed E-state index contributed by atoms with van der Waals surface area (Å²) >= 11 is 6.04. The molecule has 0 saturated heterocycles. The second kappa shape index (κ2) is 3.38. The molecule has 13 heavy (non-hydrogen) atoms. The smallest absolute Gasteiger partial charge is 0.120 e. The number of benzene rings is 1. The van der Waals surface area contributed by atoms with Crippen molar-refractivity contribution in [1.82, 2.24) is 0 Å². The van der Waals surface area contributed by atoms with Crippen LogP contribution in [0, 0.1) is 0 Å². The van der Waals surface area contributed by atoms with E-state index >= 15 is 0 Å². The van der Waals surface area contributed by atoms with Crippen LogP contribution >= 0.6 is 11.6 Å². The molecule has 1 aliphatic rings. The van der Waals surface area contributed by atoms with Crippen molar-refractivity contribution < 1.29 is 4.79 Å². The maximum absolute atomic E-state index is 10.4. The first-order valence-corrected chi connectivity index (χ1v) is 4.66. The Labute approximate surface area is 81.9 Å². The number of fused-ring (bicyclic) bond motifs is 1. The highest BCUT2D eigenvalue weighted by atomic mass is 35.5. The predicted octanol–water partition coefficient (Wildman–Crippen LogP) is 2.44. The number of anilines is 1. The summed E-state index contributed by atoms with van der Waals surface area (Å²) < 4.78 is 0. The minimum absolute atomic E-state index is 0.251. The molecule has 0 aromatic heterocycles. The fourth-order valence-electron chi connectivity index (χ4n) is 1.76. The van der Waals surface area contributed by atoms with Crippen molar-refractivity contribution in [3.63, 3.8) is 0 Å². The van der Waals surface area contributed by atoms with E-state index in [4.69, 9.17) is 11.6 Å². The molecule has 0 saturated carbocycles. The van der Waals surface area contributed by atoms with Crippen LogP contribution in [0.15, 0.2) is 18.2 Å². The molecule has 0 amide bonds. The lowest BCUT2D eigenvalue weighted by Crippen LogP contribution is -2.02. The van der Waals surface area contributed by atoms with Crippen molar-refractivity contribution in [3.8, 4) is 0 Å². The molecule has 2 nitrogen and oxygen atoms in total. The fraction of sp³-hybridized carbons (Fsp3) is 0.300. The second-order valence-electron chi connectivity index (χ2n) is 3.18. The second-order valence-corrected chi connectivity index (χ2v) is 3.59. The van der Waals surface area contributed by atoms with Crippen LogP contribution < -0.4 is 5.32 Å². The molecule has 3 heteroatoms. The highest BCUT2D eigenvalue weighted by Gasteiger charge is 2.23. The Morgan fingerprint density at radius 2 is 2.46 bits per heavy atom. The van der Waals surface area contributed by atoms with Crippen LogP contribution in [-0.2, 0) is 4.79 Å². The first kappa shape index (κ1) is 8.57. The largest absolute Gasteiger partial charge is 0.384 e. The predicted molar refractivity (Wildman–Crippen MR) is 53.4 cm³/mol. The number of nitrogens with one attached hydrogen (secondary N) is 1. The number of halogens is 1. The van der Waals surface area contributed by atoms with Gasteiger partial charge in [-0.15, -0.1) is 0 Å². The Kier molecular flexibility index (Phi) is 2.23. The third kappa shape index (κ3) is 1.42. The normalized spacial score (nSPS) is 19.3. The summed E-state index contributed by atoms with van der Waals surface area (Å²) in [7, 11) is 0. The van der Waals surface area contributed by atoms with E-state index in [0.29, 0.717) is 6.42 Å². The van der Waals surface area contributed by atoms with Crippen molar-refractivity contribution in [3.05, 3.63) is 28.8 Å². The molecule has 0 bridgehead atoms. The van der Waals surface area contributed by atoms with E-state index in [2.05, 4.69) is 5.32 Å². The zero-order valence-electron chi connectivity index (χ0n) is 7.09. The van der Waals surface area contributed by atoms with Crippen molar-refractivity contribution in [2.45, 2.75) is 12.3 Å². The van der Waals surface area contributed by atoms with Crippen LogP contribution in [0.2, 0.25) is 5.02 Å². The van der Waals surface area contributed by atoms with Crippen molar-refractivity contribution in [2.24, 2.45) is 0 Å². The summed E-state index contributed by atoms with van der Waals surface area (Å²) in [4.78, 5) is 10.4. The van der Waals surface area contributed by atoms with Gasteiger partial charge < -0.3 is 10.1 Å². The molecule has 0 aliphatic carbocycles. The molecule has 1 unspecified atom stereocenters. The van der Waals surface area contributed by atoms with Gasteiger partial charge in [0.1, 0.15) is 6.29 Å². The van der Waals surface area contributed by atoms with Crippen LogP contribution in [-0.4, -0.2) is 12.8 Å². The van der Waals surface area contributed by atoms with Crippen molar-refractivity contribution in [1.29, 1.82) is 0 Å². The fourth-order valence-corrected chi connectivity index (χ4v) is 2.09. The SMILES string of the molecule is O=CCC1CNc2cccc(Cl)c21. The van der Waals surface area contributed by atoms with Gasteiger partial charge in [0.25, 0.3) is 0 Å². The Morgan fingerprint density at radius 1 is 1.62 bits per heavy atom. The number of carbonyl (C=O) groups is 1. The maximum Gasteiger partial charge on any atom is 0.120 e. The molecule has 0 radical (unpaired) electrons. The van der Waals surface area contributed by atoms with E-state index in [1.54, 1.807) is 0 Å². The van der Waals surface area contributed by atoms with Crippen molar-refractivity contribution >= 4 is 23.6 Å². The number of carbonyl (C=O) groups excluding carboxylic acids is 1. The van der Waals surface area contributed by atoms with E-state index in [1.807, 2.05) is 18.2 Å². The molecule has 0 fully saturated rings. The Morgan fingerprint density at radius 3 is 3.23 bits per heavy atom. The molecular weight excluding hydrogens is 186 g/mol. The Balaban J connectivity index is 2.39. The molecular formula is C10H10ClNO. The summed E-state index contributed by atoms with van der Waals surface area (Å²) in [6.07, 6.45) is 1.49. The van der Waals surface area contributed by atoms with Crippen LogP contribution in [0.5, 0.6) is 0 Å². The van der Waals surface area contributed by atoms with E-state index in [1.165, 1.54) is 0 Å². The lowest BCUT2D eigenvalue weighted by Gasteiger charge is -2.06. The highest BCUT2D eigenvalue weighted by molar-refractivity contribution is 6.32. The van der Waals surface area contributed by atoms with E-state index in [-0.39, 0.29) is 5.92 Å². The summed E-state index contributed by atoms with van der Waals surface area (Å²) in [5.74, 6) is 0.251. The average molecular weight is 196 g/mol. The standard InChI is InChI=1S/C10H10ClNO/c11-8-2-1-3-9-10(8)7(4-5-13)6-12-9/h1-3,5,7,12H,4,6H2. The van der Waals surface area contributed by atoms with Crippen LogP contribution in [0.25, 0.3) is 0 Å². The molecule has 1 N–H and O–H groups in total. The van der Waals surface area contributed by atoms with Gasteiger partial charge in [0.05, 0.1) is 0 Å². The van der Waals surface area contributed by atoms with Crippen molar-refractivity contribution in [2.75, 3.05) is 11.9 Å². The molecule has 68 valence electrons. The molecule has 1 aromatic rings. The first-order valence-electron chi connectivity index (χ1n) is 4.29. The lowest BCUT2D eigenvalue weighted by atomic mass is 9.99. The van der Waals surface area contributed by atoms with Gasteiger partial charge in [0, 0.05) is 29.6 Å². The molecule has 1 aliphatic heterocycles. The zero-order chi connectivity index (χ0) is 9.26. The van der Waals surface area contributed by atoms with E-state index in [0.717, 1.165) is 29.1 Å². The number of aldehydes is 1. The monoisotopic (exact) mass is 195 g/mol. The van der Waals surface area contributed by atoms with Gasteiger partial charge in [-0.05, 0) is 17.7 Å². The van der Waals surface area contributed by atoms with E-state index in [9.17, 15) is 4.79 Å². The number of hydrogen-bond donors (Lipinski definition) is 1. The third-order valence-electron chi connectivity index (χ3n) is 2.38. The summed E-state index contributed by atoms with van der Waals surface area (Å²) in [5.41, 5.74) is 2.16. The van der Waals surface area contributed by atoms with Gasteiger partial charge in [0.2, 0.25) is 0 Å². The van der Waals surface area contributed by atoms with Gasteiger partial charge in [-0.2, -0.15) is 0 Å². The molecule has 1 aromatic carbocycles. The van der Waals surface area contributed by atoms with Gasteiger partial charge in [0.15, 0.2) is 0 Å². The minimum atomic E-state index is 0.251. The number of hydrogen-bond acceptors (Lipinski definition) is 2. The zero-order valence-corrected chi connectivity index (χ0v) is 7.84. The van der Waals surface area contributed by atoms with Gasteiger partial charge in [-0.25, -0.2) is 0 Å². The topological polar surface area (TPSA) is 29.1 Å². The van der Waals surface area contributed by atoms with Crippen LogP contribution in [0.1, 0.15) is 17.9 Å². The Hall–Kier alpha value is -1.02. The molecule has 1 heterocycles. The summed E-state index contributed by atoms with van der Waals surface area (Å²) in [6.45, 7) is 0.817. The summed E-state index contributed by atoms with van der Waals surface area (Å²) in [6, 6.07) is 5.77. The highest BCUT2D eigenvalue weighted by Crippen LogP contribution is 2.37. The molecule has 2 rings (SSSR count). The Bertz CT molecular complexity index is 338. The third-order valence-corrected chi connectivity index (χ3v) is 2.71. The van der Waals surface area contributed by atoms with Gasteiger partial charge in [-0.3, -0.25) is 0 Å². The minimum Gasteiger partial charge on any atom is -0.384 e. The van der Waals surface area contributed by atoms with Gasteiger partial charge >= 0.3 is 0 Å². The van der Waals surface area contributed by atoms with Gasteiger partial charge in [-0.1, -0.05) is 17.7 Å². The molecule has 1 atom stereocenters.